The summed E-state index contributed by atoms with van der Waals surface area (Å²) >= 11 is 0. The van der Waals surface area contributed by atoms with Crippen molar-refractivity contribution in [3.63, 3.8) is 0 Å². The fourth-order valence-electron chi connectivity index (χ4n) is 3.30. The summed E-state index contributed by atoms with van der Waals surface area (Å²) in [5.74, 6) is -0.756. The lowest BCUT2D eigenvalue weighted by atomic mass is 9.89. The number of nitrogens with one attached hydrogen (secondary N) is 2. The first-order valence-electron chi connectivity index (χ1n) is 8.73. The van der Waals surface area contributed by atoms with Gasteiger partial charge in [-0.15, -0.1) is 0 Å². The van der Waals surface area contributed by atoms with Crippen molar-refractivity contribution < 1.29 is 18.0 Å². The smallest absolute Gasteiger partial charge is 0.348 e. The van der Waals surface area contributed by atoms with Crippen LogP contribution in [0.4, 0.5) is 13.2 Å². The number of halogens is 3. The topological polar surface area (TPSA) is 66.9 Å². The van der Waals surface area contributed by atoms with Gasteiger partial charge in [-0.2, -0.15) is 13.2 Å². The van der Waals surface area contributed by atoms with Crippen molar-refractivity contribution in [2.75, 3.05) is 13.1 Å². The first-order chi connectivity index (χ1) is 12.8. The molecule has 0 aliphatic carbocycles. The summed E-state index contributed by atoms with van der Waals surface area (Å²) in [7, 11) is 0. The Balaban J connectivity index is 1.71. The third-order valence-corrected chi connectivity index (χ3v) is 4.77. The van der Waals surface area contributed by atoms with Gasteiger partial charge in [0.05, 0.1) is 17.7 Å². The summed E-state index contributed by atoms with van der Waals surface area (Å²) in [6.45, 7) is 4.72. The van der Waals surface area contributed by atoms with Crippen molar-refractivity contribution in [3.8, 4) is 0 Å². The minimum absolute atomic E-state index is 0.152. The zero-order valence-electron chi connectivity index (χ0n) is 15.0. The zero-order valence-corrected chi connectivity index (χ0v) is 15.0. The number of nitrogens with zero attached hydrogens (tertiary/aromatic N) is 2. The fraction of sp³-hybridized carbons (Fsp3) is 0.421. The number of carbonyl (C=O) groups excluding carboxylic acids is 1. The molecule has 0 unspecified atom stereocenters. The highest BCUT2D eigenvalue weighted by Crippen LogP contribution is 2.31. The standard InChI is InChI=1S/C19H21F3N4O/c1-11-4-3-5-16(25-11)12(2)26-18(27)15-10-23-9-14(15)13-6-7-17(24-8-13)19(20,21)22/h3-8,12,14-15,23H,9-10H2,1-2H3,(H,26,27)/t12-,14-,15+/m0/s1. The fourth-order valence-corrected chi connectivity index (χ4v) is 3.30. The number of alkyl halides is 3. The van der Waals surface area contributed by atoms with Crippen molar-refractivity contribution in [3.05, 3.63) is 59.2 Å². The Morgan fingerprint density at radius 2 is 2.04 bits per heavy atom. The van der Waals surface area contributed by atoms with E-state index in [0.717, 1.165) is 17.5 Å². The molecular formula is C19H21F3N4O. The molecule has 0 bridgehead atoms. The Morgan fingerprint density at radius 3 is 2.67 bits per heavy atom. The molecule has 2 aromatic rings. The second-order valence-electron chi connectivity index (χ2n) is 6.78. The highest BCUT2D eigenvalue weighted by atomic mass is 19.4. The average molecular weight is 378 g/mol. The van der Waals surface area contributed by atoms with E-state index in [9.17, 15) is 18.0 Å². The number of pyridine rings is 2. The summed E-state index contributed by atoms with van der Waals surface area (Å²) in [5.41, 5.74) is 1.32. The van der Waals surface area contributed by atoms with Crippen molar-refractivity contribution >= 4 is 5.91 Å². The lowest BCUT2D eigenvalue weighted by Crippen LogP contribution is -2.36. The van der Waals surface area contributed by atoms with Crippen LogP contribution in [0.1, 0.15) is 41.5 Å². The van der Waals surface area contributed by atoms with Gasteiger partial charge in [0.15, 0.2) is 0 Å². The van der Waals surface area contributed by atoms with Crippen molar-refractivity contribution in [1.29, 1.82) is 0 Å². The average Bonchev–Trinajstić information content (AvgIpc) is 3.11. The summed E-state index contributed by atoms with van der Waals surface area (Å²) < 4.78 is 38.1. The van der Waals surface area contributed by atoms with E-state index < -0.39 is 11.9 Å². The number of hydrogen-bond acceptors (Lipinski definition) is 4. The van der Waals surface area contributed by atoms with Crippen LogP contribution in [0.2, 0.25) is 0 Å². The second kappa shape index (κ2) is 7.64. The van der Waals surface area contributed by atoms with Gasteiger partial charge in [-0.1, -0.05) is 12.1 Å². The highest BCUT2D eigenvalue weighted by Gasteiger charge is 2.36. The summed E-state index contributed by atoms with van der Waals surface area (Å²) in [4.78, 5) is 20.7. The van der Waals surface area contributed by atoms with E-state index in [2.05, 4.69) is 20.6 Å². The van der Waals surface area contributed by atoms with Crippen LogP contribution in [0.25, 0.3) is 0 Å². The van der Waals surface area contributed by atoms with Gasteiger partial charge < -0.3 is 10.6 Å². The van der Waals surface area contributed by atoms with Gasteiger partial charge >= 0.3 is 6.18 Å². The maximum Gasteiger partial charge on any atom is 0.433 e. The lowest BCUT2D eigenvalue weighted by molar-refractivity contribution is -0.141. The number of hydrogen-bond donors (Lipinski definition) is 2. The van der Waals surface area contributed by atoms with E-state index in [0.29, 0.717) is 18.7 Å². The van der Waals surface area contributed by atoms with Gasteiger partial charge in [0.1, 0.15) is 5.69 Å². The summed E-state index contributed by atoms with van der Waals surface area (Å²) in [6, 6.07) is 7.72. The molecule has 1 saturated heterocycles. The minimum Gasteiger partial charge on any atom is -0.348 e. The SMILES string of the molecule is Cc1cccc([C@H](C)NC(=O)[C@@H]2CNC[C@H]2c2ccc(C(F)(F)F)nc2)n1. The maximum absolute atomic E-state index is 12.7. The largest absolute Gasteiger partial charge is 0.433 e. The predicted molar refractivity (Wildman–Crippen MR) is 93.9 cm³/mol. The molecule has 1 aliphatic rings. The Kier molecular flexibility index (Phi) is 5.46. The Bertz CT molecular complexity index is 807. The van der Waals surface area contributed by atoms with Crippen molar-refractivity contribution in [1.82, 2.24) is 20.6 Å². The first kappa shape index (κ1) is 19.3. The van der Waals surface area contributed by atoms with E-state index in [4.69, 9.17) is 0 Å². The second-order valence-corrected chi connectivity index (χ2v) is 6.78. The van der Waals surface area contributed by atoms with Crippen LogP contribution in [-0.2, 0) is 11.0 Å². The van der Waals surface area contributed by atoms with Gasteiger partial charge in [0.2, 0.25) is 5.91 Å². The van der Waals surface area contributed by atoms with Crippen LogP contribution < -0.4 is 10.6 Å². The number of carbonyl (C=O) groups is 1. The van der Waals surface area contributed by atoms with Crippen molar-refractivity contribution in [2.45, 2.75) is 32.0 Å². The Labute approximate surface area is 155 Å². The number of amides is 1. The van der Waals surface area contributed by atoms with Gasteiger partial charge in [-0.05, 0) is 37.6 Å². The molecule has 1 aliphatic heterocycles. The lowest BCUT2D eigenvalue weighted by Gasteiger charge is -2.21. The third-order valence-electron chi connectivity index (χ3n) is 4.77. The van der Waals surface area contributed by atoms with Crippen LogP contribution in [-0.4, -0.2) is 29.0 Å². The van der Waals surface area contributed by atoms with Crippen LogP contribution in [0, 0.1) is 12.8 Å². The molecule has 5 nitrogen and oxygen atoms in total. The van der Waals surface area contributed by atoms with Gasteiger partial charge in [0.25, 0.3) is 0 Å². The van der Waals surface area contributed by atoms with E-state index in [1.54, 1.807) is 0 Å². The van der Waals surface area contributed by atoms with E-state index in [1.807, 2.05) is 32.0 Å². The molecular weight excluding hydrogens is 357 g/mol. The van der Waals surface area contributed by atoms with Crippen LogP contribution in [0.15, 0.2) is 36.5 Å². The van der Waals surface area contributed by atoms with E-state index in [1.165, 1.54) is 12.3 Å². The molecule has 2 aromatic heterocycles. The molecule has 27 heavy (non-hydrogen) atoms. The first-order valence-corrected chi connectivity index (χ1v) is 8.73. The van der Waals surface area contributed by atoms with E-state index in [-0.39, 0.29) is 23.8 Å². The Morgan fingerprint density at radius 1 is 1.26 bits per heavy atom. The summed E-state index contributed by atoms with van der Waals surface area (Å²) in [5, 5.41) is 6.10. The molecule has 0 saturated carbocycles. The molecule has 0 aromatic carbocycles. The molecule has 3 rings (SSSR count). The predicted octanol–water partition coefficient (Wildman–Crippen LogP) is 2.98. The zero-order chi connectivity index (χ0) is 19.6. The van der Waals surface area contributed by atoms with Gasteiger partial charge in [-0.3, -0.25) is 14.8 Å². The summed E-state index contributed by atoms with van der Waals surface area (Å²) in [6.07, 6.45) is -3.26. The maximum atomic E-state index is 12.7. The highest BCUT2D eigenvalue weighted by molar-refractivity contribution is 5.80. The number of aryl methyl sites for hydroxylation is 1. The molecule has 0 spiro atoms. The Hall–Kier alpha value is -2.48. The molecule has 3 atom stereocenters. The number of aromatic nitrogens is 2. The molecule has 2 N–H and O–H groups in total. The molecule has 8 heteroatoms. The molecule has 3 heterocycles. The molecule has 144 valence electrons. The molecule has 0 radical (unpaired) electrons. The monoisotopic (exact) mass is 378 g/mol. The molecule has 1 amide bonds. The molecule has 1 fully saturated rings. The quantitative estimate of drug-likeness (QED) is 0.858. The normalized spacial score (nSPS) is 21.1. The van der Waals surface area contributed by atoms with Crippen LogP contribution in [0.5, 0.6) is 0 Å². The van der Waals surface area contributed by atoms with Gasteiger partial charge in [0, 0.05) is 30.9 Å². The van der Waals surface area contributed by atoms with Crippen molar-refractivity contribution in [2.24, 2.45) is 5.92 Å². The third kappa shape index (κ3) is 4.44. The van der Waals surface area contributed by atoms with Crippen LogP contribution >= 0.6 is 0 Å². The van der Waals surface area contributed by atoms with Crippen LogP contribution in [0.3, 0.4) is 0 Å². The van der Waals surface area contributed by atoms with E-state index >= 15 is 0 Å². The minimum atomic E-state index is -4.47. The number of rotatable bonds is 4. The van der Waals surface area contributed by atoms with Gasteiger partial charge in [-0.25, -0.2) is 0 Å².